The summed E-state index contributed by atoms with van der Waals surface area (Å²) in [5, 5.41) is 0. The maximum Gasteiger partial charge on any atom is 0.339 e. The first-order valence-electron chi connectivity index (χ1n) is 7.37. The summed E-state index contributed by atoms with van der Waals surface area (Å²) in [6.45, 7) is 1.97. The van der Waals surface area contributed by atoms with Crippen LogP contribution in [-0.4, -0.2) is 26.7 Å². The Balaban J connectivity index is 2.08. The zero-order chi connectivity index (χ0) is 17.1. The molecule has 0 unspecified atom stereocenters. The molecule has 7 nitrogen and oxygen atoms in total. The van der Waals surface area contributed by atoms with Crippen molar-refractivity contribution < 1.29 is 9.53 Å². The summed E-state index contributed by atoms with van der Waals surface area (Å²) in [4.78, 5) is 38.3. The first kappa shape index (κ1) is 15.5. The SMILES string of the molecule is CCOC(=O)c1ccc(=O)n(-c2cccc(-n3cc[nH]c3=O)c2)c1. The van der Waals surface area contributed by atoms with E-state index in [-0.39, 0.29) is 23.4 Å². The molecule has 3 aromatic rings. The van der Waals surface area contributed by atoms with E-state index in [0.29, 0.717) is 11.4 Å². The number of pyridine rings is 1. The normalized spacial score (nSPS) is 10.5. The van der Waals surface area contributed by atoms with Crippen molar-refractivity contribution in [3.05, 3.63) is 81.4 Å². The molecule has 1 N–H and O–H groups in total. The molecule has 0 saturated heterocycles. The topological polar surface area (TPSA) is 86.1 Å². The molecule has 2 aromatic heterocycles. The van der Waals surface area contributed by atoms with Crippen LogP contribution in [0.2, 0.25) is 0 Å². The molecule has 0 amide bonds. The summed E-state index contributed by atoms with van der Waals surface area (Å²) in [5.74, 6) is -0.496. The van der Waals surface area contributed by atoms with Gasteiger partial charge in [-0.3, -0.25) is 13.9 Å². The number of rotatable bonds is 4. The highest BCUT2D eigenvalue weighted by Gasteiger charge is 2.10. The van der Waals surface area contributed by atoms with E-state index < -0.39 is 5.97 Å². The van der Waals surface area contributed by atoms with Crippen molar-refractivity contribution in [2.75, 3.05) is 6.61 Å². The molecule has 0 aliphatic heterocycles. The highest BCUT2D eigenvalue weighted by molar-refractivity contribution is 5.89. The monoisotopic (exact) mass is 325 g/mol. The van der Waals surface area contributed by atoms with E-state index in [9.17, 15) is 14.4 Å². The first-order valence-corrected chi connectivity index (χ1v) is 7.37. The molecule has 3 rings (SSSR count). The summed E-state index contributed by atoms with van der Waals surface area (Å²) >= 11 is 0. The van der Waals surface area contributed by atoms with Gasteiger partial charge in [0.25, 0.3) is 5.56 Å². The van der Waals surface area contributed by atoms with E-state index in [0.717, 1.165) is 0 Å². The third kappa shape index (κ3) is 2.91. The molecular formula is C17H15N3O4. The van der Waals surface area contributed by atoms with Crippen molar-refractivity contribution in [2.24, 2.45) is 0 Å². The van der Waals surface area contributed by atoms with Gasteiger partial charge in [-0.2, -0.15) is 0 Å². The molecule has 0 atom stereocenters. The molecule has 0 radical (unpaired) electrons. The van der Waals surface area contributed by atoms with Gasteiger partial charge in [0.2, 0.25) is 0 Å². The Labute approximate surface area is 136 Å². The van der Waals surface area contributed by atoms with Crippen molar-refractivity contribution in [1.29, 1.82) is 0 Å². The van der Waals surface area contributed by atoms with Crippen LogP contribution in [0.15, 0.2) is 64.6 Å². The smallest absolute Gasteiger partial charge is 0.339 e. The lowest BCUT2D eigenvalue weighted by Crippen LogP contribution is -2.20. The number of carbonyl (C=O) groups excluding carboxylic acids is 1. The Morgan fingerprint density at radius 2 is 1.88 bits per heavy atom. The Morgan fingerprint density at radius 1 is 1.12 bits per heavy atom. The van der Waals surface area contributed by atoms with Crippen LogP contribution in [0, 0.1) is 0 Å². The molecule has 24 heavy (non-hydrogen) atoms. The van der Waals surface area contributed by atoms with Gasteiger partial charge in [0, 0.05) is 24.7 Å². The number of H-pyrrole nitrogens is 1. The molecule has 0 spiro atoms. The minimum absolute atomic E-state index is 0.254. The van der Waals surface area contributed by atoms with Gasteiger partial charge in [-0.05, 0) is 31.2 Å². The van der Waals surface area contributed by atoms with Gasteiger partial charge in [0.15, 0.2) is 0 Å². The van der Waals surface area contributed by atoms with Crippen molar-refractivity contribution in [3.8, 4) is 11.4 Å². The number of carbonyl (C=O) groups is 1. The van der Waals surface area contributed by atoms with E-state index in [1.165, 1.54) is 33.7 Å². The van der Waals surface area contributed by atoms with Crippen molar-refractivity contribution in [1.82, 2.24) is 14.1 Å². The van der Waals surface area contributed by atoms with Crippen LogP contribution >= 0.6 is 0 Å². The molecule has 2 heterocycles. The van der Waals surface area contributed by atoms with E-state index in [1.807, 2.05) is 0 Å². The lowest BCUT2D eigenvalue weighted by molar-refractivity contribution is 0.0525. The second kappa shape index (κ2) is 6.41. The fraction of sp³-hybridized carbons (Fsp3) is 0.118. The number of benzene rings is 1. The molecule has 0 fully saturated rings. The van der Waals surface area contributed by atoms with Gasteiger partial charge in [-0.25, -0.2) is 9.59 Å². The van der Waals surface area contributed by atoms with Gasteiger partial charge < -0.3 is 9.72 Å². The van der Waals surface area contributed by atoms with Crippen molar-refractivity contribution in [2.45, 2.75) is 6.92 Å². The number of imidazole rings is 1. The van der Waals surface area contributed by atoms with Gasteiger partial charge in [0.05, 0.1) is 23.5 Å². The van der Waals surface area contributed by atoms with E-state index >= 15 is 0 Å². The highest BCUT2D eigenvalue weighted by atomic mass is 16.5. The number of ether oxygens (including phenoxy) is 1. The molecular weight excluding hydrogens is 310 g/mol. The van der Waals surface area contributed by atoms with Crippen LogP contribution in [-0.2, 0) is 4.74 Å². The number of aromatic nitrogens is 3. The summed E-state index contributed by atoms with van der Waals surface area (Å²) < 4.78 is 7.71. The minimum atomic E-state index is -0.496. The molecule has 1 aromatic carbocycles. The zero-order valence-electron chi connectivity index (χ0n) is 12.9. The second-order valence-corrected chi connectivity index (χ2v) is 5.00. The van der Waals surface area contributed by atoms with Crippen LogP contribution in [0.4, 0.5) is 0 Å². The van der Waals surface area contributed by atoms with Gasteiger partial charge >= 0.3 is 11.7 Å². The molecule has 0 bridgehead atoms. The molecule has 0 saturated carbocycles. The van der Waals surface area contributed by atoms with Crippen LogP contribution < -0.4 is 11.2 Å². The quantitative estimate of drug-likeness (QED) is 0.736. The summed E-state index contributed by atoms with van der Waals surface area (Å²) in [6.07, 6.45) is 4.56. The fourth-order valence-electron chi connectivity index (χ4n) is 2.34. The third-order valence-electron chi connectivity index (χ3n) is 3.46. The number of nitrogens with zero attached hydrogens (tertiary/aromatic N) is 2. The summed E-state index contributed by atoms with van der Waals surface area (Å²) in [5.41, 5.74) is 0.853. The number of nitrogens with one attached hydrogen (secondary N) is 1. The average molecular weight is 325 g/mol. The second-order valence-electron chi connectivity index (χ2n) is 5.00. The number of esters is 1. The van der Waals surface area contributed by atoms with E-state index in [2.05, 4.69) is 4.98 Å². The van der Waals surface area contributed by atoms with E-state index in [1.54, 1.807) is 37.4 Å². The van der Waals surface area contributed by atoms with Gasteiger partial charge in [-0.15, -0.1) is 0 Å². The predicted octanol–water partition coefficient (Wildman–Crippen LogP) is 1.49. The average Bonchev–Trinajstić information content (AvgIpc) is 3.01. The Kier molecular flexibility index (Phi) is 4.15. The molecule has 0 aliphatic rings. The van der Waals surface area contributed by atoms with Crippen molar-refractivity contribution >= 4 is 5.97 Å². The lowest BCUT2D eigenvalue weighted by Gasteiger charge is -2.10. The van der Waals surface area contributed by atoms with Crippen LogP contribution in [0.3, 0.4) is 0 Å². The predicted molar refractivity (Wildman–Crippen MR) is 87.9 cm³/mol. The van der Waals surface area contributed by atoms with Crippen LogP contribution in [0.25, 0.3) is 11.4 Å². The zero-order valence-corrected chi connectivity index (χ0v) is 12.9. The number of aromatic amines is 1. The molecule has 122 valence electrons. The Bertz CT molecular complexity index is 997. The summed E-state index contributed by atoms with van der Waals surface area (Å²) in [6, 6.07) is 9.62. The van der Waals surface area contributed by atoms with Crippen LogP contribution in [0.1, 0.15) is 17.3 Å². The standard InChI is InChI=1S/C17H15N3O4/c1-2-24-16(22)12-6-7-15(21)20(11-12)14-5-3-4-13(10-14)19-9-8-18-17(19)23/h3-11H,2H2,1H3,(H,18,23). The molecule has 7 heteroatoms. The minimum Gasteiger partial charge on any atom is -0.462 e. The third-order valence-corrected chi connectivity index (χ3v) is 3.46. The molecule has 0 aliphatic carbocycles. The maximum absolute atomic E-state index is 12.2. The fourth-order valence-corrected chi connectivity index (χ4v) is 2.34. The first-order chi connectivity index (χ1) is 11.6. The van der Waals surface area contributed by atoms with Crippen molar-refractivity contribution in [3.63, 3.8) is 0 Å². The highest BCUT2D eigenvalue weighted by Crippen LogP contribution is 2.12. The van der Waals surface area contributed by atoms with Gasteiger partial charge in [0.1, 0.15) is 0 Å². The maximum atomic E-state index is 12.2. The lowest BCUT2D eigenvalue weighted by atomic mass is 10.2. The largest absolute Gasteiger partial charge is 0.462 e. The van der Waals surface area contributed by atoms with E-state index in [4.69, 9.17) is 4.74 Å². The number of hydrogen-bond donors (Lipinski definition) is 1. The van der Waals surface area contributed by atoms with Gasteiger partial charge in [-0.1, -0.05) is 6.07 Å². The Hall–Kier alpha value is -3.35. The summed E-state index contributed by atoms with van der Waals surface area (Å²) in [7, 11) is 0. The Morgan fingerprint density at radius 3 is 2.54 bits per heavy atom. The number of hydrogen-bond acceptors (Lipinski definition) is 4. The van der Waals surface area contributed by atoms with Crippen LogP contribution in [0.5, 0.6) is 0 Å².